The second-order valence-corrected chi connectivity index (χ2v) is 7.99. The molecule has 2 aromatic carbocycles. The predicted molar refractivity (Wildman–Crippen MR) is 88.4 cm³/mol. The lowest BCUT2D eigenvalue weighted by molar-refractivity contribution is -0.114. The summed E-state index contributed by atoms with van der Waals surface area (Å²) in [5, 5.41) is 2.66. The van der Waals surface area contributed by atoms with Crippen molar-refractivity contribution in [2.45, 2.75) is 16.7 Å². The van der Waals surface area contributed by atoms with Crippen molar-refractivity contribution in [3.8, 4) is 0 Å². The molecule has 22 heavy (non-hydrogen) atoms. The van der Waals surface area contributed by atoms with Gasteiger partial charge in [0.15, 0.2) is 0 Å². The number of sulfonamides is 1. The second kappa shape index (κ2) is 6.85. The highest BCUT2D eigenvalue weighted by Gasteiger charge is 2.12. The summed E-state index contributed by atoms with van der Waals surface area (Å²) in [5.74, 6) is -0.153. The van der Waals surface area contributed by atoms with Gasteiger partial charge in [0.25, 0.3) is 10.0 Å². The molecule has 2 rings (SSSR count). The van der Waals surface area contributed by atoms with Gasteiger partial charge < -0.3 is 5.32 Å². The van der Waals surface area contributed by atoms with Crippen LogP contribution in [0.25, 0.3) is 0 Å². The first-order chi connectivity index (χ1) is 10.4. The van der Waals surface area contributed by atoms with E-state index in [4.69, 9.17) is 0 Å². The standard InChI is InChI=1S/C15H16N2O3S2/c1-12(18)16-13-8-10-14(11-9-13)21(2)17-22(19,20)15-6-4-3-5-7-15/h3-11H,1-2H3,(H,16,18). The van der Waals surface area contributed by atoms with E-state index in [1.165, 1.54) is 19.1 Å². The van der Waals surface area contributed by atoms with Crippen LogP contribution in [0.2, 0.25) is 0 Å². The Morgan fingerprint density at radius 2 is 1.64 bits per heavy atom. The van der Waals surface area contributed by atoms with Gasteiger partial charge >= 0.3 is 0 Å². The van der Waals surface area contributed by atoms with Gasteiger partial charge in [-0.3, -0.25) is 4.79 Å². The van der Waals surface area contributed by atoms with E-state index in [1.807, 2.05) is 0 Å². The molecule has 0 aromatic heterocycles. The summed E-state index contributed by atoms with van der Waals surface area (Å²) >= 11 is 0. The van der Waals surface area contributed by atoms with E-state index >= 15 is 0 Å². The topological polar surface area (TPSA) is 75.6 Å². The van der Waals surface area contributed by atoms with Crippen molar-refractivity contribution >= 4 is 32.3 Å². The van der Waals surface area contributed by atoms with Crippen molar-refractivity contribution in [1.29, 1.82) is 0 Å². The molecule has 1 unspecified atom stereocenters. The normalized spacial score (nSPS) is 12.8. The average Bonchev–Trinajstić information content (AvgIpc) is 2.48. The fourth-order valence-corrected chi connectivity index (χ4v) is 4.66. The van der Waals surface area contributed by atoms with Gasteiger partial charge in [0.2, 0.25) is 5.91 Å². The Labute approximate surface area is 132 Å². The highest BCUT2D eigenvalue weighted by Crippen LogP contribution is 2.17. The lowest BCUT2D eigenvalue weighted by Crippen LogP contribution is -2.05. The van der Waals surface area contributed by atoms with Crippen LogP contribution in [0.4, 0.5) is 5.69 Å². The maximum absolute atomic E-state index is 12.2. The molecule has 7 heteroatoms. The van der Waals surface area contributed by atoms with Gasteiger partial charge in [-0.1, -0.05) is 28.9 Å². The number of hydrogen-bond acceptors (Lipinski definition) is 3. The zero-order chi connectivity index (χ0) is 16.2. The quantitative estimate of drug-likeness (QED) is 0.933. The summed E-state index contributed by atoms with van der Waals surface area (Å²) in [7, 11) is -4.47. The van der Waals surface area contributed by atoms with Gasteiger partial charge in [-0.15, -0.1) is 3.77 Å². The van der Waals surface area contributed by atoms with Gasteiger partial charge in [-0.2, -0.15) is 8.42 Å². The molecule has 116 valence electrons. The Kier molecular flexibility index (Phi) is 5.10. The van der Waals surface area contributed by atoms with Crippen LogP contribution in [0.1, 0.15) is 6.92 Å². The van der Waals surface area contributed by atoms with Crippen LogP contribution < -0.4 is 5.32 Å². The lowest BCUT2D eigenvalue weighted by Gasteiger charge is -2.06. The zero-order valence-corrected chi connectivity index (χ0v) is 13.8. The minimum absolute atomic E-state index is 0.153. The monoisotopic (exact) mass is 336 g/mol. The molecule has 0 aliphatic carbocycles. The molecular weight excluding hydrogens is 320 g/mol. The SMILES string of the molecule is CC(=O)Nc1ccc(/S(C)=N/S(=O)(=O)c2ccccc2)cc1. The van der Waals surface area contributed by atoms with Gasteiger partial charge in [0.05, 0.1) is 4.90 Å². The summed E-state index contributed by atoms with van der Waals surface area (Å²) in [6.07, 6.45) is 1.74. The van der Waals surface area contributed by atoms with Crippen molar-refractivity contribution in [3.63, 3.8) is 0 Å². The van der Waals surface area contributed by atoms with E-state index in [0.29, 0.717) is 5.69 Å². The number of hydrogen-bond donors (Lipinski definition) is 1. The third-order valence-electron chi connectivity index (χ3n) is 2.77. The van der Waals surface area contributed by atoms with Crippen LogP contribution in [-0.4, -0.2) is 20.6 Å². The molecule has 0 fully saturated rings. The molecule has 2 aromatic rings. The molecule has 0 aliphatic heterocycles. The molecule has 0 saturated carbocycles. The molecule has 0 saturated heterocycles. The van der Waals surface area contributed by atoms with Crippen LogP contribution in [0.15, 0.2) is 68.2 Å². The fraction of sp³-hybridized carbons (Fsp3) is 0.133. The minimum Gasteiger partial charge on any atom is -0.326 e. The molecule has 1 amide bonds. The van der Waals surface area contributed by atoms with Gasteiger partial charge in [-0.05, 0) is 42.7 Å². The van der Waals surface area contributed by atoms with Crippen LogP contribution in [0.3, 0.4) is 0 Å². The number of carbonyl (C=O) groups excluding carboxylic acids is 1. The number of amides is 1. The molecule has 0 heterocycles. The fourth-order valence-electron chi connectivity index (χ4n) is 1.76. The first kappa shape index (κ1) is 16.4. The average molecular weight is 336 g/mol. The second-order valence-electron chi connectivity index (χ2n) is 4.55. The molecule has 0 bridgehead atoms. The Bertz CT molecular complexity index is 798. The number of benzene rings is 2. The third-order valence-corrected chi connectivity index (χ3v) is 6.27. The van der Waals surface area contributed by atoms with Gasteiger partial charge in [0, 0.05) is 17.5 Å². The van der Waals surface area contributed by atoms with E-state index in [0.717, 1.165) is 4.90 Å². The van der Waals surface area contributed by atoms with Gasteiger partial charge in [0.1, 0.15) is 0 Å². The number of rotatable bonds is 4. The van der Waals surface area contributed by atoms with Crippen LogP contribution in [0.5, 0.6) is 0 Å². The maximum Gasteiger partial charge on any atom is 0.288 e. The minimum atomic E-state index is -3.67. The molecule has 1 N–H and O–H groups in total. The third kappa shape index (κ3) is 4.25. The molecule has 0 aliphatic rings. The van der Waals surface area contributed by atoms with Crippen molar-refractivity contribution in [2.75, 3.05) is 11.6 Å². The van der Waals surface area contributed by atoms with Crippen molar-refractivity contribution in [1.82, 2.24) is 0 Å². The first-order valence-corrected chi connectivity index (χ1v) is 9.48. The van der Waals surface area contributed by atoms with E-state index in [-0.39, 0.29) is 10.8 Å². The largest absolute Gasteiger partial charge is 0.326 e. The lowest BCUT2D eigenvalue weighted by atomic mass is 10.3. The summed E-state index contributed by atoms with van der Waals surface area (Å²) in [6, 6.07) is 15.1. The Morgan fingerprint density at radius 3 is 2.18 bits per heavy atom. The molecule has 1 atom stereocenters. The molecule has 5 nitrogen and oxygen atoms in total. The number of nitrogens with one attached hydrogen (secondary N) is 1. The molecule has 0 spiro atoms. The van der Waals surface area contributed by atoms with Crippen molar-refractivity contribution in [3.05, 3.63) is 54.6 Å². The van der Waals surface area contributed by atoms with E-state index in [1.54, 1.807) is 48.7 Å². The molecular formula is C15H16N2O3S2. The smallest absolute Gasteiger partial charge is 0.288 e. The maximum atomic E-state index is 12.2. The van der Waals surface area contributed by atoms with E-state index < -0.39 is 20.7 Å². The number of carbonyl (C=O) groups is 1. The predicted octanol–water partition coefficient (Wildman–Crippen LogP) is 2.82. The van der Waals surface area contributed by atoms with Crippen molar-refractivity contribution < 1.29 is 13.2 Å². The van der Waals surface area contributed by atoms with Gasteiger partial charge in [-0.25, -0.2) is 0 Å². The highest BCUT2D eigenvalue weighted by molar-refractivity contribution is 7.99. The number of anilines is 1. The summed E-state index contributed by atoms with van der Waals surface area (Å²) < 4.78 is 28.4. The summed E-state index contributed by atoms with van der Waals surface area (Å²) in [4.78, 5) is 11.9. The number of nitrogens with zero attached hydrogens (tertiary/aromatic N) is 1. The zero-order valence-electron chi connectivity index (χ0n) is 12.2. The highest BCUT2D eigenvalue weighted by atomic mass is 32.3. The first-order valence-electron chi connectivity index (χ1n) is 6.45. The summed E-state index contributed by atoms with van der Waals surface area (Å²) in [6.45, 7) is 1.43. The van der Waals surface area contributed by atoms with Crippen LogP contribution in [-0.2, 0) is 25.5 Å². The Balaban J connectivity index is 2.27. The van der Waals surface area contributed by atoms with Crippen molar-refractivity contribution in [2.24, 2.45) is 3.77 Å². The Morgan fingerprint density at radius 1 is 1.05 bits per heavy atom. The summed E-state index contributed by atoms with van der Waals surface area (Å²) in [5.41, 5.74) is 0.666. The van der Waals surface area contributed by atoms with E-state index in [9.17, 15) is 13.2 Å². The van der Waals surface area contributed by atoms with Crippen LogP contribution >= 0.6 is 0 Å². The Hall–Kier alpha value is -1.99. The molecule has 0 radical (unpaired) electrons. The van der Waals surface area contributed by atoms with E-state index in [2.05, 4.69) is 9.08 Å². The van der Waals surface area contributed by atoms with Crippen LogP contribution in [0, 0.1) is 0 Å².